The van der Waals surface area contributed by atoms with Gasteiger partial charge in [-0.1, -0.05) is 19.3 Å². The second-order valence-electron chi connectivity index (χ2n) is 5.29. The number of esters is 1. The van der Waals surface area contributed by atoms with Gasteiger partial charge in [-0.2, -0.15) is 0 Å². The van der Waals surface area contributed by atoms with Gasteiger partial charge in [-0.15, -0.1) is 0 Å². The molecular formula is C13H24O3. The van der Waals surface area contributed by atoms with Gasteiger partial charge in [-0.3, -0.25) is 4.79 Å². The van der Waals surface area contributed by atoms with Crippen LogP contribution in [0.2, 0.25) is 0 Å². The van der Waals surface area contributed by atoms with E-state index in [-0.39, 0.29) is 11.9 Å². The minimum atomic E-state index is -0.780. The van der Waals surface area contributed by atoms with Crippen molar-refractivity contribution in [3.05, 3.63) is 0 Å². The lowest BCUT2D eigenvalue weighted by Gasteiger charge is -2.35. The molecule has 0 amide bonds. The quantitative estimate of drug-likeness (QED) is 0.752. The fraction of sp³-hybridized carbons (Fsp3) is 0.923. The van der Waals surface area contributed by atoms with E-state index < -0.39 is 11.5 Å². The van der Waals surface area contributed by atoms with Crippen LogP contribution in [0.1, 0.15) is 52.9 Å². The lowest BCUT2D eigenvalue weighted by molar-refractivity contribution is -0.163. The zero-order chi connectivity index (χ0) is 12.2. The lowest BCUT2D eigenvalue weighted by atomic mass is 9.74. The lowest BCUT2D eigenvalue weighted by Crippen LogP contribution is -2.43. The summed E-state index contributed by atoms with van der Waals surface area (Å²) in [5.74, 6) is -0.0266. The minimum Gasteiger partial charge on any atom is -0.466 e. The molecule has 1 rings (SSSR count). The van der Waals surface area contributed by atoms with E-state index in [0.29, 0.717) is 6.61 Å². The van der Waals surface area contributed by atoms with E-state index in [1.165, 1.54) is 19.3 Å². The highest BCUT2D eigenvalue weighted by atomic mass is 16.5. The maximum Gasteiger partial charge on any atom is 0.314 e. The van der Waals surface area contributed by atoms with Crippen molar-refractivity contribution < 1.29 is 14.6 Å². The fourth-order valence-electron chi connectivity index (χ4n) is 2.48. The fourth-order valence-corrected chi connectivity index (χ4v) is 2.48. The summed E-state index contributed by atoms with van der Waals surface area (Å²) in [7, 11) is 0. The van der Waals surface area contributed by atoms with Gasteiger partial charge >= 0.3 is 5.97 Å². The second-order valence-corrected chi connectivity index (χ2v) is 5.29. The largest absolute Gasteiger partial charge is 0.466 e. The average molecular weight is 228 g/mol. The normalized spacial score (nSPS) is 20.5. The standard InChI is InChI=1S/C13H24O3/c1-4-16-12(15)13(2,3)11(14)10-8-6-5-7-9-10/h10-11,14H,4-9H2,1-3H3. The number of ether oxygens (including phenoxy) is 1. The number of aliphatic hydroxyl groups excluding tert-OH is 1. The Morgan fingerprint density at radius 3 is 2.44 bits per heavy atom. The number of rotatable bonds is 4. The molecule has 0 aliphatic heterocycles. The molecule has 0 bridgehead atoms. The molecule has 3 heteroatoms. The molecule has 0 saturated heterocycles. The minimum absolute atomic E-state index is 0.258. The predicted molar refractivity (Wildman–Crippen MR) is 63.0 cm³/mol. The van der Waals surface area contributed by atoms with Crippen molar-refractivity contribution in [1.29, 1.82) is 0 Å². The summed E-state index contributed by atoms with van der Waals surface area (Å²) in [6.07, 6.45) is 5.07. The van der Waals surface area contributed by atoms with E-state index >= 15 is 0 Å². The molecule has 1 unspecified atom stereocenters. The molecule has 0 aromatic carbocycles. The molecule has 1 aliphatic rings. The molecule has 0 heterocycles. The van der Waals surface area contributed by atoms with Crippen LogP contribution in [0.15, 0.2) is 0 Å². The zero-order valence-electron chi connectivity index (χ0n) is 10.7. The first kappa shape index (κ1) is 13.5. The van der Waals surface area contributed by atoms with E-state index in [4.69, 9.17) is 4.74 Å². The maximum atomic E-state index is 11.8. The van der Waals surface area contributed by atoms with Crippen LogP contribution in [0.4, 0.5) is 0 Å². The average Bonchev–Trinajstić information content (AvgIpc) is 2.29. The molecule has 3 nitrogen and oxygen atoms in total. The van der Waals surface area contributed by atoms with Crippen molar-refractivity contribution in [2.45, 2.75) is 59.0 Å². The summed E-state index contributed by atoms with van der Waals surface area (Å²) < 4.78 is 5.02. The predicted octanol–water partition coefficient (Wildman–Crippen LogP) is 2.52. The smallest absolute Gasteiger partial charge is 0.314 e. The molecule has 1 saturated carbocycles. The molecule has 1 fully saturated rings. The van der Waals surface area contributed by atoms with Crippen LogP contribution in [0.5, 0.6) is 0 Å². The third-order valence-corrected chi connectivity index (χ3v) is 3.64. The second kappa shape index (κ2) is 5.67. The highest BCUT2D eigenvalue weighted by molar-refractivity contribution is 5.76. The van der Waals surface area contributed by atoms with E-state index in [9.17, 15) is 9.90 Å². The molecule has 16 heavy (non-hydrogen) atoms. The molecule has 1 aliphatic carbocycles. The first-order valence-corrected chi connectivity index (χ1v) is 6.35. The van der Waals surface area contributed by atoms with Gasteiger partial charge in [-0.25, -0.2) is 0 Å². The van der Waals surface area contributed by atoms with Crippen molar-refractivity contribution in [1.82, 2.24) is 0 Å². The molecule has 1 atom stereocenters. The zero-order valence-corrected chi connectivity index (χ0v) is 10.7. The van der Waals surface area contributed by atoms with Gasteiger partial charge in [-0.05, 0) is 39.5 Å². The Bertz CT molecular complexity index is 229. The third-order valence-electron chi connectivity index (χ3n) is 3.64. The summed E-state index contributed by atoms with van der Waals surface area (Å²) in [5, 5.41) is 10.3. The summed E-state index contributed by atoms with van der Waals surface area (Å²) in [4.78, 5) is 11.8. The van der Waals surface area contributed by atoms with E-state index in [0.717, 1.165) is 12.8 Å². The van der Waals surface area contributed by atoms with Gasteiger partial charge in [0.25, 0.3) is 0 Å². The van der Waals surface area contributed by atoms with Crippen LogP contribution >= 0.6 is 0 Å². The van der Waals surface area contributed by atoms with E-state index in [1.807, 2.05) is 0 Å². The Balaban J connectivity index is 2.61. The van der Waals surface area contributed by atoms with E-state index in [2.05, 4.69) is 0 Å². The van der Waals surface area contributed by atoms with Gasteiger partial charge in [0.15, 0.2) is 0 Å². The van der Waals surface area contributed by atoms with Crippen LogP contribution < -0.4 is 0 Å². The van der Waals surface area contributed by atoms with Crippen LogP contribution in [-0.4, -0.2) is 23.8 Å². The SMILES string of the molecule is CCOC(=O)C(C)(C)C(O)C1CCCCC1. The van der Waals surface area contributed by atoms with Gasteiger partial charge < -0.3 is 9.84 Å². The Morgan fingerprint density at radius 1 is 1.38 bits per heavy atom. The maximum absolute atomic E-state index is 11.8. The molecule has 0 radical (unpaired) electrons. The van der Waals surface area contributed by atoms with Crippen molar-refractivity contribution in [3.8, 4) is 0 Å². The van der Waals surface area contributed by atoms with Crippen LogP contribution in [0.25, 0.3) is 0 Å². The van der Waals surface area contributed by atoms with Gasteiger partial charge in [0.2, 0.25) is 0 Å². The molecule has 0 aromatic rings. The molecule has 1 N–H and O–H groups in total. The Hall–Kier alpha value is -0.570. The van der Waals surface area contributed by atoms with Crippen LogP contribution in [-0.2, 0) is 9.53 Å². The van der Waals surface area contributed by atoms with Gasteiger partial charge in [0.05, 0.1) is 18.1 Å². The third kappa shape index (κ3) is 2.97. The Labute approximate surface area is 98.2 Å². The summed E-state index contributed by atoms with van der Waals surface area (Å²) in [6.45, 7) is 5.73. The topological polar surface area (TPSA) is 46.5 Å². The monoisotopic (exact) mass is 228 g/mol. The molecule has 0 spiro atoms. The van der Waals surface area contributed by atoms with Crippen molar-refractivity contribution in [2.75, 3.05) is 6.61 Å². The number of carbonyl (C=O) groups excluding carboxylic acids is 1. The summed E-state index contributed by atoms with van der Waals surface area (Å²) in [6, 6.07) is 0. The highest BCUT2D eigenvalue weighted by Crippen LogP contribution is 2.35. The van der Waals surface area contributed by atoms with E-state index in [1.54, 1.807) is 20.8 Å². The molecule has 94 valence electrons. The number of hydrogen-bond acceptors (Lipinski definition) is 3. The van der Waals surface area contributed by atoms with Gasteiger partial charge in [0.1, 0.15) is 0 Å². The number of hydrogen-bond donors (Lipinski definition) is 1. The van der Waals surface area contributed by atoms with Crippen molar-refractivity contribution in [2.24, 2.45) is 11.3 Å². The van der Waals surface area contributed by atoms with Crippen molar-refractivity contribution in [3.63, 3.8) is 0 Å². The number of aliphatic hydroxyl groups is 1. The molecular weight excluding hydrogens is 204 g/mol. The van der Waals surface area contributed by atoms with Crippen LogP contribution in [0.3, 0.4) is 0 Å². The first-order valence-electron chi connectivity index (χ1n) is 6.35. The van der Waals surface area contributed by atoms with Crippen LogP contribution in [0, 0.1) is 11.3 Å². The first-order chi connectivity index (χ1) is 7.50. The highest BCUT2D eigenvalue weighted by Gasteiger charge is 2.41. The Morgan fingerprint density at radius 2 is 1.94 bits per heavy atom. The summed E-state index contributed by atoms with van der Waals surface area (Å²) in [5.41, 5.74) is -0.780. The van der Waals surface area contributed by atoms with Crippen molar-refractivity contribution >= 4 is 5.97 Å². The molecule has 0 aromatic heterocycles. The Kier molecular flexibility index (Phi) is 4.78. The van der Waals surface area contributed by atoms with Gasteiger partial charge in [0, 0.05) is 0 Å². The number of carbonyl (C=O) groups is 1. The summed E-state index contributed by atoms with van der Waals surface area (Å²) >= 11 is 0.